The highest BCUT2D eigenvalue weighted by Crippen LogP contribution is 2.31. The molecular weight excluding hydrogens is 500 g/mol. The van der Waals surface area contributed by atoms with E-state index in [1.54, 1.807) is 12.1 Å². The Morgan fingerprint density at radius 2 is 1.38 bits per heavy atom. The molecule has 0 spiro atoms. The second kappa shape index (κ2) is 10.3. The lowest BCUT2D eigenvalue weighted by Crippen LogP contribution is -2.04. The number of hydrogen-bond donors (Lipinski definition) is 0. The molecule has 4 aromatic carbocycles. The number of hydrogen-bond acceptors (Lipinski definition) is 0. The van der Waals surface area contributed by atoms with Crippen molar-refractivity contribution in [2.45, 2.75) is 32.4 Å². The van der Waals surface area contributed by atoms with Crippen LogP contribution in [0.1, 0.15) is 29.2 Å². The fourth-order valence-corrected chi connectivity index (χ4v) is 4.07. The van der Waals surface area contributed by atoms with Gasteiger partial charge >= 0.3 is 6.18 Å². The Hall–Kier alpha value is -3.86. The van der Waals surface area contributed by atoms with Crippen LogP contribution in [0.5, 0.6) is 0 Å². The molecule has 0 bridgehead atoms. The third-order valence-electron chi connectivity index (χ3n) is 5.97. The largest absolute Gasteiger partial charge is 0.458 e. The van der Waals surface area contributed by atoms with Crippen molar-refractivity contribution in [1.82, 2.24) is 0 Å². The van der Waals surface area contributed by atoms with Gasteiger partial charge in [0.1, 0.15) is 29.1 Å². The first-order chi connectivity index (χ1) is 17.5. The molecule has 0 saturated carbocycles. The van der Waals surface area contributed by atoms with Crippen LogP contribution in [0.25, 0.3) is 21.9 Å². The first kappa shape index (κ1) is 26.2. The first-order valence-electron chi connectivity index (χ1n) is 11.2. The summed E-state index contributed by atoms with van der Waals surface area (Å²) in [4.78, 5) is 0. The highest BCUT2D eigenvalue weighted by Gasteiger charge is 2.24. The number of halogens is 8. The summed E-state index contributed by atoms with van der Waals surface area (Å²) in [5, 5.41) is 0.292. The summed E-state index contributed by atoms with van der Waals surface area (Å²) < 4.78 is 110. The predicted octanol–water partition coefficient (Wildman–Crippen LogP) is 8.46. The van der Waals surface area contributed by atoms with Gasteiger partial charge in [-0.25, -0.2) is 22.0 Å². The molecule has 0 atom stereocenters. The van der Waals surface area contributed by atoms with Gasteiger partial charge in [0, 0.05) is 22.4 Å². The number of aryl methyl sites for hydroxylation is 2. The molecule has 8 heteroatoms. The van der Waals surface area contributed by atoms with Crippen LogP contribution in [0.15, 0.2) is 54.6 Å². The molecule has 0 N–H and O–H groups in total. The maximum Gasteiger partial charge on any atom is 0.458 e. The van der Waals surface area contributed by atoms with Crippen LogP contribution in [0.2, 0.25) is 0 Å². The lowest BCUT2D eigenvalue weighted by molar-refractivity contribution is -0.0696. The van der Waals surface area contributed by atoms with E-state index in [-0.39, 0.29) is 40.3 Å². The summed E-state index contributed by atoms with van der Waals surface area (Å²) in [6.45, 7) is 1.89. The fourth-order valence-electron chi connectivity index (χ4n) is 4.07. The average Bonchev–Trinajstić information content (AvgIpc) is 2.82. The molecule has 0 heterocycles. The molecule has 190 valence electrons. The zero-order valence-electron chi connectivity index (χ0n) is 19.3. The van der Waals surface area contributed by atoms with Crippen molar-refractivity contribution < 1.29 is 35.1 Å². The molecule has 0 aliphatic heterocycles. The fraction of sp³-hybridized carbons (Fsp3) is 0.172. The van der Waals surface area contributed by atoms with E-state index < -0.39 is 40.8 Å². The minimum atomic E-state index is -4.92. The second-order valence-corrected chi connectivity index (χ2v) is 8.44. The Labute approximate surface area is 207 Å². The van der Waals surface area contributed by atoms with Crippen LogP contribution in [-0.2, 0) is 19.3 Å². The van der Waals surface area contributed by atoms with Gasteiger partial charge in [-0.2, -0.15) is 13.2 Å². The maximum atomic E-state index is 15.2. The molecule has 0 radical (unpaired) electrons. The second-order valence-electron chi connectivity index (χ2n) is 8.44. The van der Waals surface area contributed by atoms with E-state index in [4.69, 9.17) is 0 Å². The highest BCUT2D eigenvalue weighted by atomic mass is 19.4. The normalized spacial score (nSPS) is 11.5. The Bertz CT molecular complexity index is 1530. The van der Waals surface area contributed by atoms with Gasteiger partial charge in [-0.1, -0.05) is 37.1 Å². The molecule has 4 rings (SSSR count). The summed E-state index contributed by atoms with van der Waals surface area (Å²) in [6.07, 6.45) is -4.72. The van der Waals surface area contributed by atoms with Crippen molar-refractivity contribution in [1.29, 1.82) is 0 Å². The van der Waals surface area contributed by atoms with E-state index in [1.165, 1.54) is 30.2 Å². The number of alkyl halides is 3. The standard InChI is InChI=1S/C29H18F8/c1-2-16-3-6-20(24(30)11-16)18-5-8-21-19(14-18)15-27(33)23(28(21)34)7-4-17-12-25(31)22(26(32)13-17)9-10-29(35,36)37/h3,5-6,8,11-15H,2,4,7H2,1H3. The van der Waals surface area contributed by atoms with Gasteiger partial charge in [-0.3, -0.25) is 0 Å². The van der Waals surface area contributed by atoms with Gasteiger partial charge in [-0.05, 0) is 71.7 Å². The van der Waals surface area contributed by atoms with E-state index in [0.29, 0.717) is 12.0 Å². The van der Waals surface area contributed by atoms with Crippen LogP contribution >= 0.6 is 0 Å². The zero-order valence-corrected chi connectivity index (χ0v) is 19.3. The third-order valence-corrected chi connectivity index (χ3v) is 5.97. The molecule has 0 unspecified atom stereocenters. The monoisotopic (exact) mass is 518 g/mol. The number of rotatable bonds is 5. The molecule has 0 saturated heterocycles. The number of fused-ring (bicyclic) bond motifs is 1. The minimum Gasteiger partial charge on any atom is -0.207 e. The molecule has 0 aliphatic carbocycles. The molecule has 0 nitrogen and oxygen atoms in total. The lowest BCUT2D eigenvalue weighted by Gasteiger charge is -2.11. The van der Waals surface area contributed by atoms with E-state index in [2.05, 4.69) is 0 Å². The Morgan fingerprint density at radius 1 is 0.703 bits per heavy atom. The summed E-state index contributed by atoms with van der Waals surface area (Å²) >= 11 is 0. The summed E-state index contributed by atoms with van der Waals surface area (Å²) in [7, 11) is 0. The molecule has 0 aromatic heterocycles. The van der Waals surface area contributed by atoms with Crippen molar-refractivity contribution in [2.75, 3.05) is 0 Å². The Kier molecular flexibility index (Phi) is 7.26. The van der Waals surface area contributed by atoms with E-state index in [0.717, 1.165) is 29.7 Å². The molecule has 4 aromatic rings. The lowest BCUT2D eigenvalue weighted by atomic mass is 9.95. The van der Waals surface area contributed by atoms with Crippen LogP contribution in [0.4, 0.5) is 35.1 Å². The van der Waals surface area contributed by atoms with Crippen molar-refractivity contribution in [3.8, 4) is 23.0 Å². The van der Waals surface area contributed by atoms with Crippen LogP contribution in [-0.4, -0.2) is 6.18 Å². The number of benzene rings is 4. The summed E-state index contributed by atoms with van der Waals surface area (Å²) in [5.41, 5.74) is 0.177. The van der Waals surface area contributed by atoms with Crippen molar-refractivity contribution in [2.24, 2.45) is 0 Å². The predicted molar refractivity (Wildman–Crippen MR) is 125 cm³/mol. The van der Waals surface area contributed by atoms with Gasteiger partial charge in [0.2, 0.25) is 0 Å². The van der Waals surface area contributed by atoms with Gasteiger partial charge in [0.25, 0.3) is 0 Å². The van der Waals surface area contributed by atoms with Crippen molar-refractivity contribution in [3.63, 3.8) is 0 Å². The molecule has 0 aliphatic rings. The molecule has 37 heavy (non-hydrogen) atoms. The molecular formula is C29H18F8. The van der Waals surface area contributed by atoms with Gasteiger partial charge in [0.15, 0.2) is 0 Å². The minimum absolute atomic E-state index is 0.00666. The topological polar surface area (TPSA) is 0 Å². The maximum absolute atomic E-state index is 15.2. The molecule has 0 amide bonds. The van der Waals surface area contributed by atoms with Crippen LogP contribution in [0, 0.1) is 40.9 Å². The SMILES string of the molecule is CCc1ccc(-c2ccc3c(F)c(CCc4cc(F)c(C#CC(F)(F)F)c(F)c4)c(F)cc3c2)c(F)c1. The van der Waals surface area contributed by atoms with Gasteiger partial charge in [-0.15, -0.1) is 0 Å². The van der Waals surface area contributed by atoms with Crippen molar-refractivity contribution in [3.05, 3.63) is 106 Å². The van der Waals surface area contributed by atoms with E-state index in [1.807, 2.05) is 6.92 Å². The Balaban J connectivity index is 1.61. The Morgan fingerprint density at radius 3 is 2.00 bits per heavy atom. The smallest absolute Gasteiger partial charge is 0.207 e. The van der Waals surface area contributed by atoms with Crippen LogP contribution < -0.4 is 0 Å². The quantitative estimate of drug-likeness (QED) is 0.184. The highest BCUT2D eigenvalue weighted by molar-refractivity contribution is 5.88. The first-order valence-corrected chi connectivity index (χ1v) is 11.2. The van der Waals surface area contributed by atoms with E-state index in [9.17, 15) is 30.7 Å². The van der Waals surface area contributed by atoms with Gasteiger partial charge < -0.3 is 0 Å². The van der Waals surface area contributed by atoms with Crippen molar-refractivity contribution >= 4 is 10.8 Å². The summed E-state index contributed by atoms with van der Waals surface area (Å²) in [6, 6.07) is 11.9. The van der Waals surface area contributed by atoms with Gasteiger partial charge in [0.05, 0.1) is 5.56 Å². The van der Waals surface area contributed by atoms with Crippen LogP contribution in [0.3, 0.4) is 0 Å². The average molecular weight is 518 g/mol. The van der Waals surface area contributed by atoms with E-state index >= 15 is 4.39 Å². The molecule has 0 fully saturated rings. The summed E-state index contributed by atoms with van der Waals surface area (Å²) in [5.74, 6) is -2.60. The zero-order chi connectivity index (χ0) is 26.9. The third kappa shape index (κ3) is 5.77.